The van der Waals surface area contributed by atoms with Crippen molar-refractivity contribution in [3.05, 3.63) is 0 Å². The lowest BCUT2D eigenvalue weighted by Crippen LogP contribution is -2.44. The average Bonchev–Trinajstić information content (AvgIpc) is 2.29. The van der Waals surface area contributed by atoms with E-state index in [0.717, 1.165) is 6.42 Å². The number of carboxylic acids is 1. The van der Waals surface area contributed by atoms with E-state index in [4.69, 9.17) is 14.6 Å². The number of carbonyl (C=O) groups excluding carboxylic acids is 1. The molecule has 2 atom stereocenters. The van der Waals surface area contributed by atoms with Crippen LogP contribution in [0.1, 0.15) is 47.0 Å². The van der Waals surface area contributed by atoms with Crippen LogP contribution < -0.4 is 5.32 Å². The van der Waals surface area contributed by atoms with Crippen molar-refractivity contribution in [1.82, 2.24) is 5.32 Å². The molecule has 3 N–H and O–H groups in total. The molecule has 0 aliphatic carbocycles. The zero-order chi connectivity index (χ0) is 16.7. The number of ether oxygens (including phenoxy) is 1. The minimum absolute atomic E-state index is 0.0549. The number of carbonyl (C=O) groups is 2. The quantitative estimate of drug-likeness (QED) is 0.633. The van der Waals surface area contributed by atoms with Crippen molar-refractivity contribution in [2.24, 2.45) is 0 Å². The van der Waals surface area contributed by atoms with Gasteiger partial charge in [0.05, 0.1) is 0 Å². The lowest BCUT2D eigenvalue weighted by atomic mass is 10.2. The molecular formula is C13H26N2O5S. The van der Waals surface area contributed by atoms with Gasteiger partial charge < -0.3 is 15.2 Å². The van der Waals surface area contributed by atoms with E-state index >= 15 is 0 Å². The molecule has 1 amide bonds. The van der Waals surface area contributed by atoms with Crippen LogP contribution in [0, 0.1) is 4.78 Å². The van der Waals surface area contributed by atoms with Crippen LogP contribution in [0.15, 0.2) is 0 Å². The van der Waals surface area contributed by atoms with Gasteiger partial charge in [0.2, 0.25) is 0 Å². The number of alkyl carbamates (subject to hydrolysis) is 1. The minimum Gasteiger partial charge on any atom is -0.480 e. The summed E-state index contributed by atoms with van der Waals surface area (Å²) in [6.07, 6.45) is 0.606. The molecule has 0 fully saturated rings. The number of hydrogen-bond donors (Lipinski definition) is 3. The molecule has 0 heterocycles. The highest BCUT2D eigenvalue weighted by Gasteiger charge is 2.24. The highest BCUT2D eigenvalue weighted by Crippen LogP contribution is 2.08. The highest BCUT2D eigenvalue weighted by molar-refractivity contribution is 7.92. The summed E-state index contributed by atoms with van der Waals surface area (Å²) in [5, 5.41) is 11.3. The van der Waals surface area contributed by atoms with Gasteiger partial charge in [0.1, 0.15) is 11.6 Å². The van der Waals surface area contributed by atoms with Gasteiger partial charge in [-0.1, -0.05) is 13.3 Å². The fourth-order valence-corrected chi connectivity index (χ4v) is 3.07. The number of aliphatic carboxylic acids is 1. The predicted octanol–water partition coefficient (Wildman–Crippen LogP) is 2.20. The molecule has 0 rings (SSSR count). The number of nitrogens with one attached hydrogen (secondary N) is 2. The standard InChI is InChI=1S/C13H26N2O5S/c1-5-6-8-21(14,19)9-7-10(11(16)17)15-12(18)20-13(2,3)4/h10,14H,5-9H2,1-4H3,(H,15,18)(H,16,17). The fraction of sp³-hybridized carbons (Fsp3) is 0.846. The molecule has 7 nitrogen and oxygen atoms in total. The van der Waals surface area contributed by atoms with E-state index in [0.29, 0.717) is 6.42 Å². The fourth-order valence-electron chi connectivity index (χ4n) is 1.49. The Labute approximate surface area is 126 Å². The third-order valence-electron chi connectivity index (χ3n) is 2.55. The molecule has 0 aromatic carbocycles. The first-order valence-corrected chi connectivity index (χ1v) is 8.83. The van der Waals surface area contributed by atoms with Crippen LogP contribution in [0.2, 0.25) is 0 Å². The summed E-state index contributed by atoms with van der Waals surface area (Å²) in [4.78, 5) is 22.7. The van der Waals surface area contributed by atoms with E-state index in [1.807, 2.05) is 6.92 Å². The lowest BCUT2D eigenvalue weighted by Gasteiger charge is -2.22. The van der Waals surface area contributed by atoms with Gasteiger partial charge in [-0.25, -0.2) is 13.8 Å². The van der Waals surface area contributed by atoms with E-state index in [1.54, 1.807) is 20.8 Å². The Hall–Kier alpha value is -1.31. The number of rotatable bonds is 8. The van der Waals surface area contributed by atoms with Gasteiger partial charge >= 0.3 is 12.1 Å². The Kier molecular flexibility index (Phi) is 7.70. The second-order valence-electron chi connectivity index (χ2n) is 5.90. The maximum Gasteiger partial charge on any atom is 0.408 e. The topological polar surface area (TPSA) is 117 Å². The summed E-state index contributed by atoms with van der Waals surface area (Å²) < 4.78 is 24.6. The molecule has 2 unspecified atom stereocenters. The van der Waals surface area contributed by atoms with Crippen molar-refractivity contribution in [1.29, 1.82) is 4.78 Å². The maximum atomic E-state index is 11.9. The van der Waals surface area contributed by atoms with E-state index in [1.165, 1.54) is 0 Å². The van der Waals surface area contributed by atoms with Gasteiger partial charge in [-0.2, -0.15) is 0 Å². The van der Waals surface area contributed by atoms with Crippen molar-refractivity contribution in [2.75, 3.05) is 11.5 Å². The molecule has 0 aliphatic rings. The minimum atomic E-state index is -2.80. The van der Waals surface area contributed by atoms with Crippen molar-refractivity contribution in [3.63, 3.8) is 0 Å². The Morgan fingerprint density at radius 3 is 2.33 bits per heavy atom. The van der Waals surface area contributed by atoms with E-state index in [2.05, 4.69) is 5.32 Å². The van der Waals surface area contributed by atoms with Crippen LogP contribution in [0.4, 0.5) is 4.79 Å². The lowest BCUT2D eigenvalue weighted by molar-refractivity contribution is -0.139. The van der Waals surface area contributed by atoms with Gasteiger partial charge in [-0.3, -0.25) is 4.78 Å². The molecule has 0 radical (unpaired) electrons. The largest absolute Gasteiger partial charge is 0.480 e. The zero-order valence-electron chi connectivity index (χ0n) is 13.1. The monoisotopic (exact) mass is 322 g/mol. The summed E-state index contributed by atoms with van der Waals surface area (Å²) in [6.45, 7) is 6.94. The second kappa shape index (κ2) is 8.21. The summed E-state index contributed by atoms with van der Waals surface area (Å²) in [5.41, 5.74) is -0.725. The first-order valence-electron chi connectivity index (χ1n) is 6.93. The Morgan fingerprint density at radius 1 is 1.33 bits per heavy atom. The normalized spacial score (nSPS) is 15.8. The number of unbranched alkanes of at least 4 members (excludes halogenated alkanes) is 1. The van der Waals surface area contributed by atoms with Crippen molar-refractivity contribution in [2.45, 2.75) is 58.6 Å². The third-order valence-corrected chi connectivity index (χ3v) is 4.40. The first-order chi connectivity index (χ1) is 9.47. The first kappa shape index (κ1) is 19.7. The van der Waals surface area contributed by atoms with Gasteiger partial charge in [-0.15, -0.1) is 0 Å². The number of carboxylic acid groups (broad SMARTS) is 1. The summed E-state index contributed by atoms with van der Waals surface area (Å²) >= 11 is 0. The molecule has 0 bridgehead atoms. The molecule has 0 saturated heterocycles. The summed E-state index contributed by atoms with van der Waals surface area (Å²) in [7, 11) is -2.80. The van der Waals surface area contributed by atoms with Gasteiger partial charge in [0, 0.05) is 21.2 Å². The van der Waals surface area contributed by atoms with Gasteiger partial charge in [-0.05, 0) is 33.6 Å². The molecular weight excluding hydrogens is 296 g/mol. The molecule has 0 saturated carbocycles. The number of hydrogen-bond acceptors (Lipinski definition) is 5. The van der Waals surface area contributed by atoms with E-state index in [9.17, 15) is 13.8 Å². The summed E-state index contributed by atoms with van der Waals surface area (Å²) in [6, 6.07) is -1.20. The Balaban J connectivity index is 4.52. The van der Waals surface area contributed by atoms with Crippen LogP contribution in [0.5, 0.6) is 0 Å². The Bertz CT molecular complexity index is 454. The molecule has 124 valence electrons. The van der Waals surface area contributed by atoms with Crippen LogP contribution in [0.3, 0.4) is 0 Å². The number of amides is 1. The van der Waals surface area contributed by atoms with Gasteiger partial charge in [0.15, 0.2) is 0 Å². The highest BCUT2D eigenvalue weighted by atomic mass is 32.2. The third kappa shape index (κ3) is 10.1. The molecule has 0 aromatic rings. The SMILES string of the molecule is CCCCS(=N)(=O)CCC(NC(=O)OC(C)(C)C)C(=O)O. The van der Waals surface area contributed by atoms with Gasteiger partial charge in [0.25, 0.3) is 0 Å². The second-order valence-corrected chi connectivity index (χ2v) is 8.34. The molecule has 21 heavy (non-hydrogen) atoms. The van der Waals surface area contributed by atoms with E-state index < -0.39 is 33.4 Å². The maximum absolute atomic E-state index is 11.9. The molecule has 8 heteroatoms. The van der Waals surface area contributed by atoms with Crippen LogP contribution in [0.25, 0.3) is 0 Å². The molecule has 0 aromatic heterocycles. The molecule has 0 spiro atoms. The van der Waals surface area contributed by atoms with Crippen molar-refractivity contribution >= 4 is 21.8 Å². The smallest absolute Gasteiger partial charge is 0.408 e. The average molecular weight is 322 g/mol. The van der Waals surface area contributed by atoms with E-state index in [-0.39, 0.29) is 17.9 Å². The summed E-state index contributed by atoms with van der Waals surface area (Å²) in [5.74, 6) is -1.03. The van der Waals surface area contributed by atoms with Crippen LogP contribution in [-0.2, 0) is 19.3 Å². The van der Waals surface area contributed by atoms with Crippen LogP contribution in [-0.4, -0.2) is 44.5 Å². The predicted molar refractivity (Wildman–Crippen MR) is 80.9 cm³/mol. The van der Waals surface area contributed by atoms with Crippen molar-refractivity contribution < 1.29 is 23.6 Å². The Morgan fingerprint density at radius 2 is 1.90 bits per heavy atom. The van der Waals surface area contributed by atoms with Crippen LogP contribution >= 0.6 is 0 Å². The van der Waals surface area contributed by atoms with Crippen molar-refractivity contribution in [3.8, 4) is 0 Å². The molecule has 0 aliphatic heterocycles. The zero-order valence-corrected chi connectivity index (χ0v) is 13.9.